The van der Waals surface area contributed by atoms with Crippen molar-refractivity contribution in [3.05, 3.63) is 76.8 Å². The lowest BCUT2D eigenvalue weighted by atomic mass is 10.2. The number of carbonyl (C=O) groups is 1. The van der Waals surface area contributed by atoms with Gasteiger partial charge >= 0.3 is 5.56 Å². The highest BCUT2D eigenvalue weighted by Gasteiger charge is 2.13. The first kappa shape index (κ1) is 22.4. The molecule has 0 aliphatic carbocycles. The van der Waals surface area contributed by atoms with Crippen LogP contribution in [-0.2, 0) is 11.3 Å². The Labute approximate surface area is 194 Å². The van der Waals surface area contributed by atoms with E-state index in [-0.39, 0.29) is 22.9 Å². The van der Waals surface area contributed by atoms with Gasteiger partial charge in [0.2, 0.25) is 11.6 Å². The van der Waals surface area contributed by atoms with E-state index in [0.717, 1.165) is 17.1 Å². The van der Waals surface area contributed by atoms with Gasteiger partial charge in [0.15, 0.2) is 5.16 Å². The zero-order valence-electron chi connectivity index (χ0n) is 18.2. The lowest BCUT2D eigenvalue weighted by Gasteiger charge is -2.08. The number of hydrogen-bond donors (Lipinski definition) is 1. The van der Waals surface area contributed by atoms with Crippen LogP contribution in [-0.4, -0.2) is 44.5 Å². The molecule has 0 unspecified atom stereocenters. The molecule has 2 aromatic heterocycles. The van der Waals surface area contributed by atoms with E-state index in [1.165, 1.54) is 16.3 Å². The van der Waals surface area contributed by atoms with E-state index in [1.807, 2.05) is 55.5 Å². The van der Waals surface area contributed by atoms with Gasteiger partial charge in [-0.1, -0.05) is 23.9 Å². The van der Waals surface area contributed by atoms with Crippen LogP contribution in [0, 0.1) is 0 Å². The van der Waals surface area contributed by atoms with Crippen LogP contribution in [0.25, 0.3) is 11.3 Å². The summed E-state index contributed by atoms with van der Waals surface area (Å²) in [4.78, 5) is 25.2. The van der Waals surface area contributed by atoms with Gasteiger partial charge in [-0.3, -0.25) is 18.6 Å². The largest absolute Gasteiger partial charge is 0.497 e. The fourth-order valence-electron chi connectivity index (χ4n) is 3.20. The predicted molar refractivity (Wildman–Crippen MR) is 125 cm³/mol. The number of ether oxygens (including phenoxy) is 2. The molecule has 0 aliphatic heterocycles. The molecule has 9 nitrogen and oxygen atoms in total. The van der Waals surface area contributed by atoms with Crippen molar-refractivity contribution in [3.63, 3.8) is 0 Å². The highest BCUT2D eigenvalue weighted by atomic mass is 32.2. The molecule has 0 spiro atoms. The van der Waals surface area contributed by atoms with E-state index in [9.17, 15) is 9.59 Å². The molecule has 0 atom stereocenters. The van der Waals surface area contributed by atoms with Crippen LogP contribution < -0.4 is 20.3 Å². The smallest absolute Gasteiger partial charge is 0.300 e. The molecular weight excluding hydrogens is 442 g/mol. The van der Waals surface area contributed by atoms with Gasteiger partial charge in [-0.25, -0.2) is 0 Å². The molecule has 1 N–H and O–H groups in total. The Morgan fingerprint density at radius 2 is 1.91 bits per heavy atom. The summed E-state index contributed by atoms with van der Waals surface area (Å²) in [5.41, 5.74) is 1.52. The van der Waals surface area contributed by atoms with Gasteiger partial charge in [-0.05, 0) is 48.9 Å². The van der Waals surface area contributed by atoms with Crippen LogP contribution in [0.4, 0.5) is 0 Å². The molecule has 2 aromatic carbocycles. The molecule has 0 bridgehead atoms. The summed E-state index contributed by atoms with van der Waals surface area (Å²) in [6, 6.07) is 14.7. The lowest BCUT2D eigenvalue weighted by Crippen LogP contribution is -2.24. The third kappa shape index (κ3) is 5.17. The maximum atomic E-state index is 12.9. The van der Waals surface area contributed by atoms with Crippen molar-refractivity contribution in [2.45, 2.75) is 18.6 Å². The number of benzene rings is 2. The third-order valence-electron chi connectivity index (χ3n) is 4.82. The van der Waals surface area contributed by atoms with Gasteiger partial charge in [0.25, 0.3) is 0 Å². The van der Waals surface area contributed by atoms with Crippen LogP contribution in [0.15, 0.2) is 70.9 Å². The third-order valence-corrected chi connectivity index (χ3v) is 5.76. The Bertz CT molecular complexity index is 1320. The molecule has 4 rings (SSSR count). The Hall–Kier alpha value is -3.79. The predicted octanol–water partition coefficient (Wildman–Crippen LogP) is 2.70. The highest BCUT2D eigenvalue weighted by Crippen LogP contribution is 2.18. The van der Waals surface area contributed by atoms with Gasteiger partial charge in [0.05, 0.1) is 19.5 Å². The minimum Gasteiger partial charge on any atom is -0.497 e. The average Bonchev–Trinajstić information content (AvgIpc) is 3.26. The Morgan fingerprint density at radius 1 is 1.09 bits per heavy atom. The van der Waals surface area contributed by atoms with Crippen LogP contribution in [0.1, 0.15) is 12.5 Å². The maximum Gasteiger partial charge on any atom is 0.300 e. The van der Waals surface area contributed by atoms with E-state index in [0.29, 0.717) is 24.0 Å². The second kappa shape index (κ2) is 10.2. The fraction of sp³-hybridized carbons (Fsp3) is 0.217. The first-order valence-electron chi connectivity index (χ1n) is 10.3. The van der Waals surface area contributed by atoms with E-state index < -0.39 is 0 Å². The molecule has 0 saturated heterocycles. The standard InChI is InChI=1S/C23H23N5O4S/c1-3-32-18-9-7-17(8-10-18)27-11-12-28-21(22(27)30)25-26-23(28)33-15-20(29)24-14-16-5-4-6-19(13-16)31-2/h4-13H,3,14-15H2,1-2H3,(H,24,29). The van der Waals surface area contributed by atoms with Crippen molar-refractivity contribution in [1.29, 1.82) is 0 Å². The van der Waals surface area contributed by atoms with Gasteiger partial charge < -0.3 is 14.8 Å². The summed E-state index contributed by atoms with van der Waals surface area (Å²) >= 11 is 1.21. The summed E-state index contributed by atoms with van der Waals surface area (Å²) in [7, 11) is 1.60. The number of fused-ring (bicyclic) bond motifs is 1. The average molecular weight is 466 g/mol. The topological polar surface area (TPSA) is 99.8 Å². The van der Waals surface area contributed by atoms with Crippen molar-refractivity contribution < 1.29 is 14.3 Å². The highest BCUT2D eigenvalue weighted by molar-refractivity contribution is 7.99. The molecule has 2 heterocycles. The first-order valence-corrected chi connectivity index (χ1v) is 11.3. The fourth-order valence-corrected chi connectivity index (χ4v) is 3.95. The minimum absolute atomic E-state index is 0.146. The number of aromatic nitrogens is 4. The SMILES string of the molecule is CCOc1ccc(-n2ccn3c(SCC(=O)NCc4cccc(OC)c4)nnc3c2=O)cc1. The minimum atomic E-state index is -0.302. The normalized spacial score (nSPS) is 10.8. The van der Waals surface area contributed by atoms with E-state index in [2.05, 4.69) is 15.5 Å². The quantitative estimate of drug-likeness (QED) is 0.379. The van der Waals surface area contributed by atoms with Crippen molar-refractivity contribution in [3.8, 4) is 17.2 Å². The Morgan fingerprint density at radius 3 is 2.67 bits per heavy atom. The number of hydrogen-bond acceptors (Lipinski definition) is 7. The maximum absolute atomic E-state index is 12.9. The number of thioether (sulfide) groups is 1. The number of nitrogens with zero attached hydrogens (tertiary/aromatic N) is 4. The summed E-state index contributed by atoms with van der Waals surface area (Å²) in [5.74, 6) is 1.47. The zero-order valence-corrected chi connectivity index (χ0v) is 19.0. The van der Waals surface area contributed by atoms with Crippen LogP contribution in [0.5, 0.6) is 11.5 Å². The van der Waals surface area contributed by atoms with Gasteiger partial charge in [0, 0.05) is 24.6 Å². The summed E-state index contributed by atoms with van der Waals surface area (Å²) in [6.07, 6.45) is 3.37. The Kier molecular flexibility index (Phi) is 6.94. The molecule has 0 fully saturated rings. The van der Waals surface area contributed by atoms with Crippen molar-refractivity contribution in [2.24, 2.45) is 0 Å². The lowest BCUT2D eigenvalue weighted by molar-refractivity contribution is -0.118. The molecule has 0 aliphatic rings. The molecule has 1 amide bonds. The monoisotopic (exact) mass is 465 g/mol. The molecular formula is C23H23N5O4S. The number of methoxy groups -OCH3 is 1. The molecule has 4 aromatic rings. The van der Waals surface area contributed by atoms with Gasteiger partial charge in [-0.2, -0.15) is 0 Å². The molecule has 33 heavy (non-hydrogen) atoms. The second-order valence-electron chi connectivity index (χ2n) is 6.99. The van der Waals surface area contributed by atoms with Gasteiger partial charge in [-0.15, -0.1) is 10.2 Å². The van der Waals surface area contributed by atoms with Crippen molar-refractivity contribution >= 4 is 23.3 Å². The second-order valence-corrected chi connectivity index (χ2v) is 7.94. The van der Waals surface area contributed by atoms with E-state index in [4.69, 9.17) is 9.47 Å². The Balaban J connectivity index is 1.42. The van der Waals surface area contributed by atoms with Crippen LogP contribution in [0.2, 0.25) is 0 Å². The van der Waals surface area contributed by atoms with Crippen molar-refractivity contribution in [2.75, 3.05) is 19.5 Å². The number of carbonyl (C=O) groups excluding carboxylic acids is 1. The number of rotatable bonds is 9. The summed E-state index contributed by atoms with van der Waals surface area (Å²) in [6.45, 7) is 2.88. The molecule has 10 heteroatoms. The summed E-state index contributed by atoms with van der Waals surface area (Å²) in [5, 5.41) is 11.5. The number of amides is 1. The first-order chi connectivity index (χ1) is 16.1. The van der Waals surface area contributed by atoms with E-state index >= 15 is 0 Å². The van der Waals surface area contributed by atoms with E-state index in [1.54, 1.807) is 23.9 Å². The van der Waals surface area contributed by atoms with Crippen LogP contribution in [0.3, 0.4) is 0 Å². The summed E-state index contributed by atoms with van der Waals surface area (Å²) < 4.78 is 13.7. The van der Waals surface area contributed by atoms with Gasteiger partial charge in [0.1, 0.15) is 11.5 Å². The molecule has 0 radical (unpaired) electrons. The zero-order chi connectivity index (χ0) is 23.2. The number of nitrogens with one attached hydrogen (secondary N) is 1. The van der Waals surface area contributed by atoms with Crippen LogP contribution >= 0.6 is 11.8 Å². The van der Waals surface area contributed by atoms with Crippen molar-refractivity contribution in [1.82, 2.24) is 24.5 Å². The molecule has 170 valence electrons. The molecule has 0 saturated carbocycles.